The topological polar surface area (TPSA) is 64.9 Å². The summed E-state index contributed by atoms with van der Waals surface area (Å²) >= 11 is 0. The van der Waals surface area contributed by atoms with E-state index in [-0.39, 0.29) is 0 Å². The van der Waals surface area contributed by atoms with Gasteiger partial charge in [-0.15, -0.1) is 10.2 Å². The average Bonchev–Trinajstić information content (AvgIpc) is 2.92. The van der Waals surface area contributed by atoms with Crippen LogP contribution >= 0.6 is 0 Å². The molecular formula is C13H19N5O. The first-order chi connectivity index (χ1) is 9.40. The van der Waals surface area contributed by atoms with Crippen LogP contribution in [-0.2, 0) is 11.3 Å². The highest BCUT2D eigenvalue weighted by Gasteiger charge is 2.04. The number of hydrogen-bond acceptors (Lipinski definition) is 5. The summed E-state index contributed by atoms with van der Waals surface area (Å²) in [6, 6.07) is 9.85. The van der Waals surface area contributed by atoms with Crippen molar-refractivity contribution in [2.75, 3.05) is 26.8 Å². The zero-order valence-corrected chi connectivity index (χ0v) is 11.1. The van der Waals surface area contributed by atoms with Crippen LogP contribution in [0.5, 0.6) is 0 Å². The van der Waals surface area contributed by atoms with Gasteiger partial charge in [0.25, 0.3) is 0 Å². The van der Waals surface area contributed by atoms with E-state index in [0.717, 1.165) is 31.7 Å². The Kier molecular flexibility index (Phi) is 5.46. The maximum Gasteiger partial charge on any atom is 0.204 e. The lowest BCUT2D eigenvalue weighted by atomic mass is 10.2. The molecule has 0 amide bonds. The fourth-order valence-electron chi connectivity index (χ4n) is 1.69. The van der Waals surface area contributed by atoms with E-state index in [9.17, 15) is 0 Å². The number of methoxy groups -OCH3 is 1. The molecule has 0 atom stereocenters. The lowest BCUT2D eigenvalue weighted by Gasteiger charge is -2.02. The van der Waals surface area contributed by atoms with Gasteiger partial charge in [-0.1, -0.05) is 30.3 Å². The van der Waals surface area contributed by atoms with Crippen LogP contribution in [-0.4, -0.2) is 47.0 Å². The van der Waals surface area contributed by atoms with Crippen molar-refractivity contribution in [3.05, 3.63) is 30.3 Å². The molecule has 1 aromatic heterocycles. The highest BCUT2D eigenvalue weighted by Crippen LogP contribution is 2.11. The predicted molar refractivity (Wildman–Crippen MR) is 72.6 cm³/mol. The summed E-state index contributed by atoms with van der Waals surface area (Å²) in [6.07, 6.45) is 1.01. The first-order valence-corrected chi connectivity index (χ1v) is 6.43. The molecule has 0 fully saturated rings. The normalized spacial score (nSPS) is 10.8. The molecule has 0 radical (unpaired) electrons. The molecule has 0 aliphatic heterocycles. The molecule has 1 aromatic carbocycles. The Morgan fingerprint density at radius 1 is 1.21 bits per heavy atom. The van der Waals surface area contributed by atoms with Gasteiger partial charge in [-0.05, 0) is 18.2 Å². The second kappa shape index (κ2) is 7.60. The molecule has 0 spiro atoms. The van der Waals surface area contributed by atoms with E-state index in [1.54, 1.807) is 11.9 Å². The number of ether oxygens (including phenoxy) is 1. The van der Waals surface area contributed by atoms with Gasteiger partial charge < -0.3 is 10.1 Å². The standard InChI is InChI=1S/C13H19N5O/c1-19-11-5-8-14-9-10-18-16-13(15-17-18)12-6-3-2-4-7-12/h2-4,6-7,14H,5,8-11H2,1H3. The zero-order valence-electron chi connectivity index (χ0n) is 11.1. The molecule has 102 valence electrons. The Hall–Kier alpha value is -1.79. The molecule has 0 aliphatic carbocycles. The largest absolute Gasteiger partial charge is 0.385 e. The minimum atomic E-state index is 0.667. The number of nitrogens with one attached hydrogen (secondary N) is 1. The summed E-state index contributed by atoms with van der Waals surface area (Å²) in [5.41, 5.74) is 0.988. The molecule has 0 saturated heterocycles. The molecule has 0 bridgehead atoms. The minimum Gasteiger partial charge on any atom is -0.385 e. The number of hydrogen-bond donors (Lipinski definition) is 1. The van der Waals surface area contributed by atoms with Gasteiger partial charge in [0.15, 0.2) is 0 Å². The van der Waals surface area contributed by atoms with E-state index in [2.05, 4.69) is 20.7 Å². The Balaban J connectivity index is 1.75. The lowest BCUT2D eigenvalue weighted by Crippen LogP contribution is -2.22. The van der Waals surface area contributed by atoms with E-state index in [1.165, 1.54) is 0 Å². The molecule has 6 nitrogen and oxygen atoms in total. The zero-order chi connectivity index (χ0) is 13.3. The van der Waals surface area contributed by atoms with Crippen molar-refractivity contribution in [3.63, 3.8) is 0 Å². The Morgan fingerprint density at radius 3 is 2.84 bits per heavy atom. The van der Waals surface area contributed by atoms with Crippen molar-refractivity contribution in [3.8, 4) is 11.4 Å². The van der Waals surface area contributed by atoms with Gasteiger partial charge in [0, 0.05) is 25.8 Å². The maximum absolute atomic E-state index is 4.98. The Morgan fingerprint density at radius 2 is 2.05 bits per heavy atom. The molecule has 1 heterocycles. The van der Waals surface area contributed by atoms with Gasteiger partial charge in [0.1, 0.15) is 0 Å². The van der Waals surface area contributed by atoms with Crippen molar-refractivity contribution in [1.82, 2.24) is 25.5 Å². The van der Waals surface area contributed by atoms with Crippen LogP contribution in [0, 0.1) is 0 Å². The molecule has 0 aliphatic rings. The third-order valence-corrected chi connectivity index (χ3v) is 2.68. The molecule has 0 saturated carbocycles. The fraction of sp³-hybridized carbons (Fsp3) is 0.462. The van der Waals surface area contributed by atoms with Gasteiger partial charge in [-0.3, -0.25) is 0 Å². The fourth-order valence-corrected chi connectivity index (χ4v) is 1.69. The van der Waals surface area contributed by atoms with E-state index in [0.29, 0.717) is 12.4 Å². The molecular weight excluding hydrogens is 242 g/mol. The molecule has 2 aromatic rings. The second-order valence-corrected chi connectivity index (χ2v) is 4.17. The third-order valence-electron chi connectivity index (χ3n) is 2.68. The predicted octanol–water partition coefficient (Wildman–Crippen LogP) is 0.966. The van der Waals surface area contributed by atoms with E-state index in [1.807, 2.05) is 30.3 Å². The van der Waals surface area contributed by atoms with Crippen LogP contribution in [0.25, 0.3) is 11.4 Å². The first kappa shape index (κ1) is 13.6. The van der Waals surface area contributed by atoms with Gasteiger partial charge in [-0.25, -0.2) is 0 Å². The van der Waals surface area contributed by atoms with E-state index < -0.39 is 0 Å². The van der Waals surface area contributed by atoms with Crippen molar-refractivity contribution < 1.29 is 4.74 Å². The van der Waals surface area contributed by atoms with Crippen LogP contribution in [0.2, 0.25) is 0 Å². The van der Waals surface area contributed by atoms with Crippen molar-refractivity contribution in [1.29, 1.82) is 0 Å². The maximum atomic E-state index is 4.98. The van der Waals surface area contributed by atoms with Gasteiger partial charge in [0.05, 0.1) is 6.54 Å². The van der Waals surface area contributed by atoms with Crippen LogP contribution in [0.3, 0.4) is 0 Å². The number of aromatic nitrogens is 4. The van der Waals surface area contributed by atoms with Crippen LogP contribution in [0.15, 0.2) is 30.3 Å². The van der Waals surface area contributed by atoms with Gasteiger partial charge >= 0.3 is 0 Å². The van der Waals surface area contributed by atoms with E-state index >= 15 is 0 Å². The van der Waals surface area contributed by atoms with Crippen molar-refractivity contribution >= 4 is 0 Å². The van der Waals surface area contributed by atoms with Crippen molar-refractivity contribution in [2.24, 2.45) is 0 Å². The Bertz CT molecular complexity index is 471. The van der Waals surface area contributed by atoms with Gasteiger partial charge in [0.2, 0.25) is 5.82 Å². The molecule has 2 rings (SSSR count). The van der Waals surface area contributed by atoms with Gasteiger partial charge in [-0.2, -0.15) is 4.80 Å². The van der Waals surface area contributed by atoms with Crippen LogP contribution in [0.4, 0.5) is 0 Å². The van der Waals surface area contributed by atoms with Crippen LogP contribution in [0.1, 0.15) is 6.42 Å². The average molecular weight is 261 g/mol. The monoisotopic (exact) mass is 261 g/mol. The SMILES string of the molecule is COCCCNCCn1nnc(-c2ccccc2)n1. The quantitative estimate of drug-likeness (QED) is 0.717. The Labute approximate surface area is 112 Å². The van der Waals surface area contributed by atoms with E-state index in [4.69, 9.17) is 4.74 Å². The third kappa shape index (κ3) is 4.42. The molecule has 0 unspecified atom stereocenters. The smallest absolute Gasteiger partial charge is 0.204 e. The minimum absolute atomic E-state index is 0.667. The number of benzene rings is 1. The first-order valence-electron chi connectivity index (χ1n) is 6.43. The summed E-state index contributed by atoms with van der Waals surface area (Å²) in [6.45, 7) is 3.27. The van der Waals surface area contributed by atoms with Crippen molar-refractivity contribution in [2.45, 2.75) is 13.0 Å². The second-order valence-electron chi connectivity index (χ2n) is 4.17. The molecule has 6 heteroatoms. The lowest BCUT2D eigenvalue weighted by molar-refractivity contribution is 0.194. The molecule has 19 heavy (non-hydrogen) atoms. The number of rotatable bonds is 8. The number of tetrazole rings is 1. The summed E-state index contributed by atoms with van der Waals surface area (Å²) < 4.78 is 4.98. The summed E-state index contributed by atoms with van der Waals surface area (Å²) in [7, 11) is 1.71. The highest BCUT2D eigenvalue weighted by atomic mass is 16.5. The molecule has 1 N–H and O–H groups in total. The summed E-state index contributed by atoms with van der Waals surface area (Å²) in [4.78, 5) is 1.62. The highest BCUT2D eigenvalue weighted by molar-refractivity contribution is 5.52. The summed E-state index contributed by atoms with van der Waals surface area (Å²) in [5, 5.41) is 15.7. The number of nitrogens with zero attached hydrogens (tertiary/aromatic N) is 4. The van der Waals surface area contributed by atoms with Crippen LogP contribution < -0.4 is 5.32 Å². The summed E-state index contributed by atoms with van der Waals surface area (Å²) in [5.74, 6) is 0.667.